The van der Waals surface area contributed by atoms with E-state index in [-0.39, 0.29) is 17.6 Å². The van der Waals surface area contributed by atoms with E-state index in [4.69, 9.17) is 0 Å². The highest BCUT2D eigenvalue weighted by molar-refractivity contribution is 5.83. The normalized spacial score (nSPS) is 12.4. The Balaban J connectivity index is 0.000000461. The second-order valence-corrected chi connectivity index (χ2v) is 10.7. The summed E-state index contributed by atoms with van der Waals surface area (Å²) in [5.74, 6) is -0.273. The van der Waals surface area contributed by atoms with Crippen LogP contribution in [0.15, 0.2) is 103 Å². The van der Waals surface area contributed by atoms with E-state index in [9.17, 15) is 31.5 Å². The number of alkyl halides is 5. The molecule has 2 amide bonds. The van der Waals surface area contributed by atoms with Crippen molar-refractivity contribution in [3.05, 3.63) is 137 Å². The second-order valence-electron chi connectivity index (χ2n) is 10.7. The van der Waals surface area contributed by atoms with Crippen LogP contribution in [0.25, 0.3) is 0 Å². The predicted octanol–water partition coefficient (Wildman–Crippen LogP) is 7.34. The zero-order valence-corrected chi connectivity index (χ0v) is 26.3. The Morgan fingerprint density at radius 1 is 0.766 bits per heavy atom. The van der Waals surface area contributed by atoms with Crippen molar-refractivity contribution in [3.8, 4) is 5.75 Å². The van der Waals surface area contributed by atoms with Crippen molar-refractivity contribution in [2.75, 3.05) is 14.1 Å². The summed E-state index contributed by atoms with van der Waals surface area (Å²) in [6.07, 6.45) is -3.20. The highest BCUT2D eigenvalue weighted by atomic mass is 19.4. The van der Waals surface area contributed by atoms with Crippen LogP contribution in [0.2, 0.25) is 0 Å². The summed E-state index contributed by atoms with van der Waals surface area (Å²) in [7, 11) is 3.16. The van der Waals surface area contributed by atoms with Gasteiger partial charge in [-0.25, -0.2) is 0 Å². The lowest BCUT2D eigenvalue weighted by molar-refractivity contribution is -0.137. The number of hydrogen-bond acceptors (Lipinski definition) is 4. The van der Waals surface area contributed by atoms with Gasteiger partial charge in [-0.15, -0.1) is 0 Å². The van der Waals surface area contributed by atoms with E-state index < -0.39 is 30.4 Å². The molecule has 0 bridgehead atoms. The maximum Gasteiger partial charge on any atom is 0.416 e. The number of likely N-dealkylation sites (N-methyl/N-ethyl adjacent to an activating group) is 2. The molecule has 0 heterocycles. The molecule has 6 nitrogen and oxygen atoms in total. The first-order chi connectivity index (χ1) is 22.4. The van der Waals surface area contributed by atoms with Gasteiger partial charge in [-0.05, 0) is 66.3 Å². The summed E-state index contributed by atoms with van der Waals surface area (Å²) < 4.78 is 68.8. The molecule has 0 saturated carbocycles. The van der Waals surface area contributed by atoms with Crippen LogP contribution in [0.4, 0.5) is 22.0 Å². The Kier molecular flexibility index (Phi) is 13.9. The van der Waals surface area contributed by atoms with Crippen LogP contribution >= 0.6 is 0 Å². The van der Waals surface area contributed by atoms with E-state index in [0.29, 0.717) is 36.0 Å². The van der Waals surface area contributed by atoms with Crippen LogP contribution in [-0.4, -0.2) is 32.5 Å². The van der Waals surface area contributed by atoms with E-state index in [2.05, 4.69) is 20.7 Å². The monoisotopic (exact) mass is 655 g/mol. The molecule has 2 atom stereocenters. The van der Waals surface area contributed by atoms with Crippen LogP contribution in [0.1, 0.15) is 51.9 Å². The fraction of sp³-hybridized carbons (Fsp3) is 0.278. The minimum atomic E-state index is -4.43. The summed E-state index contributed by atoms with van der Waals surface area (Å²) in [5, 5.41) is 8.52. The average molecular weight is 656 g/mol. The molecular weight excluding hydrogens is 617 g/mol. The third-order valence-corrected chi connectivity index (χ3v) is 7.26. The lowest BCUT2D eigenvalue weighted by atomic mass is 9.95. The number of rotatable bonds is 12. The standard InChI is InChI=1S/C27H27F5N2O2.C9H11NO/c1-17-6-11-19(12-7-17)24(25(35)33-2)34-23(20-4-3-5-22(16-20)36-26(28)29)15-10-18-8-13-21(14-9-18)27(30,31)32;1-10-9(11)7-8-5-3-2-4-6-8/h3-9,11-14,16,23-24,26,34H,10,15H2,1-2H3,(H,33,35);2-6H,7H2,1H3,(H,10,11)/t23-,24+;/m0./s1. The summed E-state index contributed by atoms with van der Waals surface area (Å²) >= 11 is 0. The van der Waals surface area contributed by atoms with Crippen molar-refractivity contribution < 1.29 is 36.3 Å². The fourth-order valence-corrected chi connectivity index (χ4v) is 4.72. The molecule has 4 rings (SSSR count). The number of amides is 2. The van der Waals surface area contributed by atoms with Crippen molar-refractivity contribution in [2.45, 2.75) is 51.1 Å². The van der Waals surface area contributed by atoms with Gasteiger partial charge < -0.3 is 15.4 Å². The highest BCUT2D eigenvalue weighted by Crippen LogP contribution is 2.31. The maximum absolute atomic E-state index is 12.9. The summed E-state index contributed by atoms with van der Waals surface area (Å²) in [6.45, 7) is -1.07. The Morgan fingerprint density at radius 2 is 1.43 bits per heavy atom. The number of aryl methyl sites for hydroxylation is 2. The third kappa shape index (κ3) is 12.2. The van der Waals surface area contributed by atoms with Crippen LogP contribution < -0.4 is 20.7 Å². The molecule has 4 aromatic carbocycles. The molecular formula is C36H38F5N3O3. The minimum Gasteiger partial charge on any atom is -0.435 e. The number of ether oxygens (including phenoxy) is 1. The number of carbonyl (C=O) groups is 2. The second kappa shape index (κ2) is 17.8. The van der Waals surface area contributed by atoms with Crippen LogP contribution in [-0.2, 0) is 28.6 Å². The van der Waals surface area contributed by atoms with Gasteiger partial charge in [0.25, 0.3) is 0 Å². The topological polar surface area (TPSA) is 79.5 Å². The molecule has 0 aliphatic carbocycles. The molecule has 250 valence electrons. The van der Waals surface area contributed by atoms with Crippen molar-refractivity contribution in [1.29, 1.82) is 0 Å². The lowest BCUT2D eigenvalue weighted by Gasteiger charge is -2.26. The first-order valence-corrected chi connectivity index (χ1v) is 14.9. The van der Waals surface area contributed by atoms with Gasteiger partial charge >= 0.3 is 12.8 Å². The fourth-order valence-electron chi connectivity index (χ4n) is 4.72. The van der Waals surface area contributed by atoms with Gasteiger partial charge in [-0.2, -0.15) is 22.0 Å². The van der Waals surface area contributed by atoms with Gasteiger partial charge in [0, 0.05) is 20.1 Å². The van der Waals surface area contributed by atoms with E-state index in [1.54, 1.807) is 19.2 Å². The molecule has 4 aromatic rings. The number of benzene rings is 4. The van der Waals surface area contributed by atoms with Crippen LogP contribution in [0.3, 0.4) is 0 Å². The molecule has 0 fully saturated rings. The van der Waals surface area contributed by atoms with Gasteiger partial charge in [0.1, 0.15) is 11.8 Å². The molecule has 0 aliphatic heterocycles. The number of hydrogen-bond donors (Lipinski definition) is 3. The zero-order chi connectivity index (χ0) is 34.4. The Morgan fingerprint density at radius 3 is 2.00 bits per heavy atom. The number of halogens is 5. The minimum absolute atomic E-state index is 0.0318. The van der Waals surface area contributed by atoms with Crippen molar-refractivity contribution in [2.24, 2.45) is 0 Å². The summed E-state index contributed by atoms with van der Waals surface area (Å²) in [6, 6.07) is 26.8. The maximum atomic E-state index is 12.9. The molecule has 47 heavy (non-hydrogen) atoms. The number of nitrogens with one attached hydrogen (secondary N) is 3. The van der Waals surface area contributed by atoms with Gasteiger partial charge in [-0.3, -0.25) is 14.9 Å². The highest BCUT2D eigenvalue weighted by Gasteiger charge is 2.30. The van der Waals surface area contributed by atoms with Gasteiger partial charge in [0.15, 0.2) is 0 Å². The summed E-state index contributed by atoms with van der Waals surface area (Å²) in [4.78, 5) is 23.6. The molecule has 0 aliphatic rings. The lowest BCUT2D eigenvalue weighted by Crippen LogP contribution is -2.38. The van der Waals surface area contributed by atoms with E-state index >= 15 is 0 Å². The van der Waals surface area contributed by atoms with E-state index in [1.807, 2.05) is 61.5 Å². The van der Waals surface area contributed by atoms with Gasteiger partial charge in [0.2, 0.25) is 11.8 Å². The Labute approximate surface area is 271 Å². The van der Waals surface area contributed by atoms with E-state index in [0.717, 1.165) is 23.3 Å². The van der Waals surface area contributed by atoms with E-state index in [1.165, 1.54) is 31.3 Å². The van der Waals surface area contributed by atoms with Crippen molar-refractivity contribution in [3.63, 3.8) is 0 Å². The zero-order valence-electron chi connectivity index (χ0n) is 26.3. The van der Waals surface area contributed by atoms with Crippen LogP contribution in [0.5, 0.6) is 5.75 Å². The SMILES string of the molecule is CNC(=O)Cc1ccccc1.CNC(=O)[C@H](N[C@@H](CCc1ccc(C(F)(F)F)cc1)c1cccc(OC(F)F)c1)c1ccc(C)cc1. The number of carbonyl (C=O) groups excluding carboxylic acids is 2. The smallest absolute Gasteiger partial charge is 0.416 e. The first kappa shape index (κ1) is 36.7. The molecule has 0 saturated heterocycles. The van der Waals surface area contributed by atoms with Gasteiger partial charge in [0.05, 0.1) is 12.0 Å². The Bertz CT molecular complexity index is 1550. The van der Waals surface area contributed by atoms with Crippen molar-refractivity contribution in [1.82, 2.24) is 16.0 Å². The van der Waals surface area contributed by atoms with Gasteiger partial charge in [-0.1, -0.05) is 84.4 Å². The quantitative estimate of drug-likeness (QED) is 0.140. The molecule has 0 spiro atoms. The largest absolute Gasteiger partial charge is 0.435 e. The third-order valence-electron chi connectivity index (χ3n) is 7.26. The predicted molar refractivity (Wildman–Crippen MR) is 171 cm³/mol. The first-order valence-electron chi connectivity index (χ1n) is 14.9. The molecule has 3 N–H and O–H groups in total. The van der Waals surface area contributed by atoms with Crippen LogP contribution in [0, 0.1) is 6.92 Å². The Hall–Kier alpha value is -4.77. The average Bonchev–Trinajstić information content (AvgIpc) is 3.05. The van der Waals surface area contributed by atoms with Crippen molar-refractivity contribution >= 4 is 11.8 Å². The summed E-state index contributed by atoms with van der Waals surface area (Å²) in [5.41, 5.74) is 3.30. The molecule has 0 unspecified atom stereocenters. The molecule has 0 aromatic heterocycles. The molecule has 11 heteroatoms. The molecule has 0 radical (unpaired) electrons.